The van der Waals surface area contributed by atoms with E-state index in [1.165, 1.54) is 4.90 Å². The molecule has 0 aliphatic heterocycles. The number of aryl methyl sites for hydroxylation is 1. The normalized spacial score (nSPS) is 10.3. The molecule has 0 spiro atoms. The number of nitrogens with one attached hydrogen (secondary N) is 1. The van der Waals surface area contributed by atoms with Gasteiger partial charge >= 0.3 is 0 Å². The minimum absolute atomic E-state index is 0.0247. The van der Waals surface area contributed by atoms with Gasteiger partial charge in [-0.05, 0) is 47.9 Å². The van der Waals surface area contributed by atoms with Gasteiger partial charge in [0.25, 0.3) is 5.91 Å². The van der Waals surface area contributed by atoms with Crippen LogP contribution in [0.5, 0.6) is 5.75 Å². The lowest BCUT2D eigenvalue weighted by atomic mass is 10.1. The molecule has 3 rings (SSSR count). The van der Waals surface area contributed by atoms with E-state index in [0.29, 0.717) is 17.9 Å². The van der Waals surface area contributed by atoms with Gasteiger partial charge in [0.15, 0.2) is 0 Å². The number of likely N-dealkylation sites (N-methyl/N-ethyl adjacent to an activating group) is 1. The van der Waals surface area contributed by atoms with E-state index in [1.807, 2.05) is 61.5 Å². The van der Waals surface area contributed by atoms with Crippen LogP contribution in [0, 0.1) is 0 Å². The van der Waals surface area contributed by atoms with Gasteiger partial charge in [-0.15, -0.1) is 0 Å². The zero-order valence-corrected chi connectivity index (χ0v) is 17.3. The van der Waals surface area contributed by atoms with E-state index >= 15 is 0 Å². The van der Waals surface area contributed by atoms with Crippen LogP contribution in [0.2, 0.25) is 0 Å². The van der Waals surface area contributed by atoms with Crippen LogP contribution in [0.15, 0.2) is 78.9 Å². The van der Waals surface area contributed by atoms with Gasteiger partial charge in [0.05, 0.1) is 6.54 Å². The fourth-order valence-corrected chi connectivity index (χ4v) is 3.08. The molecule has 0 atom stereocenters. The Labute approximate surface area is 177 Å². The fourth-order valence-electron chi connectivity index (χ4n) is 3.08. The number of carbonyl (C=O) groups excluding carboxylic acids is 2. The highest BCUT2D eigenvalue weighted by atomic mass is 16.5. The third kappa shape index (κ3) is 5.70. The second-order valence-electron chi connectivity index (χ2n) is 7.02. The maximum absolute atomic E-state index is 12.7. The molecule has 1 N–H and O–H groups in total. The van der Waals surface area contributed by atoms with Crippen molar-refractivity contribution in [3.8, 4) is 5.75 Å². The van der Waals surface area contributed by atoms with Crippen molar-refractivity contribution in [3.63, 3.8) is 0 Å². The lowest BCUT2D eigenvalue weighted by Crippen LogP contribution is -2.35. The van der Waals surface area contributed by atoms with Gasteiger partial charge in [-0.1, -0.05) is 55.5 Å². The Hall–Kier alpha value is -3.60. The molecule has 154 valence electrons. The molecule has 0 aromatic heterocycles. The standard InChI is InChI=1S/C25H26N2O3/c1-3-20-11-7-8-12-23(20)26-24(28)17-27(2)25(29)21-13-15-22(16-14-21)30-18-19-9-5-4-6-10-19/h4-16H,3,17-18H2,1-2H3,(H,26,28). The molecular weight excluding hydrogens is 376 g/mol. The van der Waals surface area contributed by atoms with Gasteiger partial charge in [-0.25, -0.2) is 0 Å². The molecule has 0 bridgehead atoms. The van der Waals surface area contributed by atoms with Gasteiger partial charge in [0, 0.05) is 18.3 Å². The Morgan fingerprint density at radius 3 is 2.27 bits per heavy atom. The fraction of sp³-hybridized carbons (Fsp3) is 0.200. The molecule has 5 nitrogen and oxygen atoms in total. The molecule has 3 aromatic rings. The highest BCUT2D eigenvalue weighted by Crippen LogP contribution is 2.17. The maximum atomic E-state index is 12.7. The van der Waals surface area contributed by atoms with Crippen molar-refractivity contribution in [1.29, 1.82) is 0 Å². The summed E-state index contributed by atoms with van der Waals surface area (Å²) in [7, 11) is 1.62. The first kappa shape index (κ1) is 21.1. The van der Waals surface area contributed by atoms with Gasteiger partial charge in [-0.2, -0.15) is 0 Å². The summed E-state index contributed by atoms with van der Waals surface area (Å²) in [5.74, 6) is 0.241. The highest BCUT2D eigenvalue weighted by molar-refractivity contribution is 5.99. The highest BCUT2D eigenvalue weighted by Gasteiger charge is 2.16. The Bertz CT molecular complexity index is 985. The van der Waals surface area contributed by atoms with Crippen LogP contribution < -0.4 is 10.1 Å². The Balaban J connectivity index is 1.54. The van der Waals surface area contributed by atoms with Crippen LogP contribution in [0.3, 0.4) is 0 Å². The molecule has 0 saturated carbocycles. The lowest BCUT2D eigenvalue weighted by molar-refractivity contribution is -0.116. The lowest BCUT2D eigenvalue weighted by Gasteiger charge is -2.18. The van der Waals surface area contributed by atoms with Crippen molar-refractivity contribution in [2.24, 2.45) is 0 Å². The molecule has 2 amide bonds. The van der Waals surface area contributed by atoms with Crippen molar-refractivity contribution in [2.75, 3.05) is 18.9 Å². The number of amides is 2. The van der Waals surface area contributed by atoms with Crippen molar-refractivity contribution in [3.05, 3.63) is 95.6 Å². The second kappa shape index (κ2) is 10.3. The first-order valence-electron chi connectivity index (χ1n) is 9.97. The summed E-state index contributed by atoms with van der Waals surface area (Å²) in [4.78, 5) is 26.4. The van der Waals surface area contributed by atoms with Crippen molar-refractivity contribution >= 4 is 17.5 Å². The van der Waals surface area contributed by atoms with E-state index in [1.54, 1.807) is 31.3 Å². The average molecular weight is 402 g/mol. The zero-order chi connectivity index (χ0) is 21.3. The number of para-hydroxylation sites is 1. The Kier molecular flexibility index (Phi) is 7.22. The minimum Gasteiger partial charge on any atom is -0.489 e. The Morgan fingerprint density at radius 1 is 0.900 bits per heavy atom. The zero-order valence-electron chi connectivity index (χ0n) is 17.3. The van der Waals surface area contributed by atoms with E-state index < -0.39 is 0 Å². The molecule has 0 heterocycles. The summed E-state index contributed by atoms with van der Waals surface area (Å²) >= 11 is 0. The summed E-state index contributed by atoms with van der Waals surface area (Å²) in [6.45, 7) is 2.48. The molecule has 5 heteroatoms. The van der Waals surface area contributed by atoms with Crippen molar-refractivity contribution < 1.29 is 14.3 Å². The van der Waals surface area contributed by atoms with E-state index in [4.69, 9.17) is 4.74 Å². The predicted octanol–water partition coefficient (Wildman–Crippen LogP) is 4.54. The molecule has 0 aliphatic carbocycles. The average Bonchev–Trinajstić information content (AvgIpc) is 2.78. The SMILES string of the molecule is CCc1ccccc1NC(=O)CN(C)C(=O)c1ccc(OCc2ccccc2)cc1. The smallest absolute Gasteiger partial charge is 0.254 e. The summed E-state index contributed by atoms with van der Waals surface area (Å²) in [5, 5.41) is 2.89. The van der Waals surface area contributed by atoms with Crippen molar-refractivity contribution in [2.45, 2.75) is 20.0 Å². The maximum Gasteiger partial charge on any atom is 0.254 e. The Morgan fingerprint density at radius 2 is 1.57 bits per heavy atom. The molecule has 0 saturated heterocycles. The van der Waals surface area contributed by atoms with E-state index in [0.717, 1.165) is 23.2 Å². The minimum atomic E-state index is -0.227. The van der Waals surface area contributed by atoms with Crippen LogP contribution in [0.25, 0.3) is 0 Å². The molecule has 3 aromatic carbocycles. The molecule has 0 fully saturated rings. The summed E-state index contributed by atoms with van der Waals surface area (Å²) in [6, 6.07) is 24.5. The number of hydrogen-bond donors (Lipinski definition) is 1. The third-order valence-electron chi connectivity index (χ3n) is 4.75. The quantitative estimate of drug-likeness (QED) is 0.602. The third-order valence-corrected chi connectivity index (χ3v) is 4.75. The predicted molar refractivity (Wildman–Crippen MR) is 119 cm³/mol. The number of ether oxygens (including phenoxy) is 1. The van der Waals surface area contributed by atoms with E-state index in [9.17, 15) is 9.59 Å². The van der Waals surface area contributed by atoms with Crippen molar-refractivity contribution in [1.82, 2.24) is 4.90 Å². The number of hydrogen-bond acceptors (Lipinski definition) is 3. The van der Waals surface area contributed by atoms with Crippen LogP contribution in [0.1, 0.15) is 28.4 Å². The number of anilines is 1. The van der Waals surface area contributed by atoms with Gasteiger partial charge in [0.1, 0.15) is 12.4 Å². The van der Waals surface area contributed by atoms with Crippen LogP contribution >= 0.6 is 0 Å². The second-order valence-corrected chi connectivity index (χ2v) is 7.02. The molecule has 0 radical (unpaired) electrons. The number of rotatable bonds is 8. The summed E-state index contributed by atoms with van der Waals surface area (Å²) < 4.78 is 5.75. The van der Waals surface area contributed by atoms with Gasteiger partial charge in [-0.3, -0.25) is 9.59 Å². The van der Waals surface area contributed by atoms with E-state index in [2.05, 4.69) is 5.32 Å². The summed E-state index contributed by atoms with van der Waals surface area (Å²) in [5.41, 5.74) is 3.43. The summed E-state index contributed by atoms with van der Waals surface area (Å²) in [6.07, 6.45) is 0.823. The molecule has 0 aliphatic rings. The first-order valence-corrected chi connectivity index (χ1v) is 9.97. The van der Waals surface area contributed by atoms with Gasteiger partial charge in [0.2, 0.25) is 5.91 Å². The molecule has 0 unspecified atom stereocenters. The number of nitrogens with zero attached hydrogens (tertiary/aromatic N) is 1. The van der Waals surface area contributed by atoms with Gasteiger partial charge < -0.3 is 15.0 Å². The largest absolute Gasteiger partial charge is 0.489 e. The van der Waals surface area contributed by atoms with E-state index in [-0.39, 0.29) is 18.4 Å². The molecular formula is C25H26N2O3. The topological polar surface area (TPSA) is 58.6 Å². The van der Waals surface area contributed by atoms with Crippen LogP contribution in [-0.4, -0.2) is 30.3 Å². The number of benzene rings is 3. The number of carbonyl (C=O) groups is 2. The van der Waals surface area contributed by atoms with Crippen LogP contribution in [-0.2, 0) is 17.8 Å². The first-order chi connectivity index (χ1) is 14.6. The van der Waals surface area contributed by atoms with Crippen LogP contribution in [0.4, 0.5) is 5.69 Å². The molecule has 30 heavy (non-hydrogen) atoms. The monoisotopic (exact) mass is 402 g/mol.